The third-order valence-electron chi connectivity index (χ3n) is 5.17. The molecule has 2 heterocycles. The number of hydrogen-bond donors (Lipinski definition) is 2. The largest absolute Gasteiger partial charge is 0.478 e. The molecule has 1 aliphatic heterocycles. The van der Waals surface area contributed by atoms with Crippen LogP contribution in [0.3, 0.4) is 0 Å². The molecule has 0 saturated carbocycles. The van der Waals surface area contributed by atoms with Crippen LogP contribution in [-0.4, -0.2) is 45.9 Å². The molecule has 0 amide bonds. The maximum Gasteiger partial charge on any atom is 0.335 e. The van der Waals surface area contributed by atoms with Crippen molar-refractivity contribution in [3.63, 3.8) is 0 Å². The van der Waals surface area contributed by atoms with Crippen LogP contribution in [-0.2, 0) is 24.1 Å². The van der Waals surface area contributed by atoms with Crippen molar-refractivity contribution in [1.82, 2.24) is 9.78 Å². The van der Waals surface area contributed by atoms with Gasteiger partial charge in [-0.2, -0.15) is 5.10 Å². The number of aliphatic hydroxyl groups is 1. The maximum atomic E-state index is 11.5. The zero-order chi connectivity index (χ0) is 21.1. The SMILES string of the molecule is O=C(O)c1ccc2c(c1)Cc1ccc(Cl)cc1N(c1cnn(CCO)c1)COCC2. The molecule has 1 aromatic heterocycles. The summed E-state index contributed by atoms with van der Waals surface area (Å²) in [6.07, 6.45) is 4.85. The van der Waals surface area contributed by atoms with E-state index in [1.807, 2.05) is 35.4 Å². The molecule has 0 saturated heterocycles. The Kier molecular flexibility index (Phi) is 6.03. The monoisotopic (exact) mass is 427 g/mol. The molecule has 0 fully saturated rings. The van der Waals surface area contributed by atoms with E-state index < -0.39 is 5.97 Å². The second kappa shape index (κ2) is 8.87. The molecule has 0 aliphatic carbocycles. The van der Waals surface area contributed by atoms with Crippen molar-refractivity contribution in [2.24, 2.45) is 0 Å². The van der Waals surface area contributed by atoms with Crippen LogP contribution in [0.4, 0.5) is 11.4 Å². The highest BCUT2D eigenvalue weighted by Gasteiger charge is 2.19. The van der Waals surface area contributed by atoms with E-state index in [4.69, 9.17) is 16.3 Å². The fourth-order valence-corrected chi connectivity index (χ4v) is 3.81. The first-order valence-corrected chi connectivity index (χ1v) is 10.0. The van der Waals surface area contributed by atoms with Crippen molar-refractivity contribution < 1.29 is 19.7 Å². The maximum absolute atomic E-state index is 11.5. The number of rotatable bonds is 4. The van der Waals surface area contributed by atoms with Crippen molar-refractivity contribution in [3.05, 3.63) is 76.1 Å². The van der Waals surface area contributed by atoms with E-state index in [0.29, 0.717) is 37.7 Å². The highest BCUT2D eigenvalue weighted by atomic mass is 35.5. The highest BCUT2D eigenvalue weighted by molar-refractivity contribution is 6.30. The quantitative estimate of drug-likeness (QED) is 0.662. The summed E-state index contributed by atoms with van der Waals surface area (Å²) in [7, 11) is 0. The van der Waals surface area contributed by atoms with Gasteiger partial charge in [-0.1, -0.05) is 23.7 Å². The molecule has 3 aromatic rings. The summed E-state index contributed by atoms with van der Waals surface area (Å²) in [6, 6.07) is 10.9. The van der Waals surface area contributed by atoms with Gasteiger partial charge in [0.05, 0.1) is 37.2 Å². The number of carboxylic acids is 1. The van der Waals surface area contributed by atoms with E-state index in [2.05, 4.69) is 5.10 Å². The zero-order valence-corrected chi connectivity index (χ0v) is 17.0. The molecule has 0 radical (unpaired) electrons. The molecule has 156 valence electrons. The van der Waals surface area contributed by atoms with E-state index in [1.54, 1.807) is 23.0 Å². The smallest absolute Gasteiger partial charge is 0.335 e. The number of halogens is 1. The Morgan fingerprint density at radius 2 is 2.00 bits per heavy atom. The number of anilines is 2. The van der Waals surface area contributed by atoms with Gasteiger partial charge in [0, 0.05) is 16.9 Å². The van der Waals surface area contributed by atoms with Gasteiger partial charge in [-0.25, -0.2) is 4.79 Å². The van der Waals surface area contributed by atoms with E-state index in [-0.39, 0.29) is 12.2 Å². The van der Waals surface area contributed by atoms with Gasteiger partial charge in [-0.15, -0.1) is 0 Å². The average molecular weight is 428 g/mol. The number of benzene rings is 2. The molecule has 7 nitrogen and oxygen atoms in total. The predicted molar refractivity (Wildman–Crippen MR) is 114 cm³/mol. The lowest BCUT2D eigenvalue weighted by Gasteiger charge is -2.27. The van der Waals surface area contributed by atoms with E-state index in [1.165, 1.54) is 0 Å². The Labute approximate surface area is 179 Å². The van der Waals surface area contributed by atoms with Crippen LogP contribution < -0.4 is 4.90 Å². The van der Waals surface area contributed by atoms with Crippen molar-refractivity contribution in [3.8, 4) is 0 Å². The van der Waals surface area contributed by atoms with Crippen molar-refractivity contribution in [2.75, 3.05) is 24.8 Å². The van der Waals surface area contributed by atoms with Gasteiger partial charge in [0.15, 0.2) is 0 Å². The van der Waals surface area contributed by atoms with Crippen LogP contribution in [0.25, 0.3) is 0 Å². The molecular weight excluding hydrogens is 406 g/mol. The number of carboxylic acid groups (broad SMARTS) is 1. The van der Waals surface area contributed by atoms with E-state index in [9.17, 15) is 15.0 Å². The van der Waals surface area contributed by atoms with Crippen LogP contribution in [0.1, 0.15) is 27.0 Å². The standard InChI is InChI=1S/C22H22ClN3O4/c23-19-4-3-16-9-18-10-17(22(28)29)2-1-15(18)5-8-30-14-26(21(16)11-19)20-12-24-25(13-20)6-7-27/h1-4,10-13,27H,5-9,14H2,(H,28,29). The lowest BCUT2D eigenvalue weighted by atomic mass is 9.94. The van der Waals surface area contributed by atoms with Crippen LogP contribution >= 0.6 is 11.6 Å². The fraction of sp³-hybridized carbons (Fsp3) is 0.273. The molecule has 0 bridgehead atoms. The molecule has 8 heteroatoms. The van der Waals surface area contributed by atoms with Gasteiger partial charge in [-0.05, 0) is 53.8 Å². The topological polar surface area (TPSA) is 87.8 Å². The minimum absolute atomic E-state index is 0.00271. The Bertz CT molecular complexity index is 1070. The van der Waals surface area contributed by atoms with Crippen LogP contribution in [0.15, 0.2) is 48.8 Å². The Hall–Kier alpha value is -2.87. The number of ether oxygens (including phenoxy) is 1. The van der Waals surface area contributed by atoms with Gasteiger partial charge in [-0.3, -0.25) is 4.68 Å². The Morgan fingerprint density at radius 1 is 1.17 bits per heavy atom. The molecule has 2 N–H and O–H groups in total. The lowest BCUT2D eigenvalue weighted by molar-refractivity contribution is 0.0696. The minimum atomic E-state index is -0.944. The van der Waals surface area contributed by atoms with Gasteiger partial charge in [0.25, 0.3) is 0 Å². The molecule has 2 aromatic carbocycles. The second-order valence-electron chi connectivity index (χ2n) is 7.14. The van der Waals surface area contributed by atoms with Crippen molar-refractivity contribution >= 4 is 28.9 Å². The summed E-state index contributed by atoms with van der Waals surface area (Å²) in [6.45, 7) is 1.22. The van der Waals surface area contributed by atoms with Crippen molar-refractivity contribution in [2.45, 2.75) is 19.4 Å². The lowest BCUT2D eigenvalue weighted by Crippen LogP contribution is -2.24. The normalized spacial score (nSPS) is 14.1. The number of carbonyl (C=O) groups is 1. The predicted octanol–water partition coefficient (Wildman–Crippen LogP) is 3.49. The average Bonchev–Trinajstić information content (AvgIpc) is 3.19. The summed E-state index contributed by atoms with van der Waals surface area (Å²) in [5.41, 5.74) is 5.00. The first-order chi connectivity index (χ1) is 14.5. The number of aliphatic hydroxyl groups excluding tert-OH is 1. The molecular formula is C22H22ClN3O4. The second-order valence-corrected chi connectivity index (χ2v) is 7.58. The zero-order valence-electron chi connectivity index (χ0n) is 16.3. The summed E-state index contributed by atoms with van der Waals surface area (Å²) in [5, 5.41) is 23.5. The Morgan fingerprint density at radius 3 is 2.80 bits per heavy atom. The summed E-state index contributed by atoms with van der Waals surface area (Å²) in [4.78, 5) is 13.5. The molecule has 30 heavy (non-hydrogen) atoms. The van der Waals surface area contributed by atoms with E-state index >= 15 is 0 Å². The van der Waals surface area contributed by atoms with Gasteiger partial charge < -0.3 is 19.8 Å². The molecule has 0 atom stereocenters. The number of fused-ring (bicyclic) bond motifs is 2. The van der Waals surface area contributed by atoms with Gasteiger partial charge in [0.2, 0.25) is 0 Å². The fourth-order valence-electron chi connectivity index (χ4n) is 3.65. The minimum Gasteiger partial charge on any atom is -0.478 e. The van der Waals surface area contributed by atoms with Crippen LogP contribution in [0.5, 0.6) is 0 Å². The summed E-state index contributed by atoms with van der Waals surface area (Å²) >= 11 is 6.32. The third-order valence-corrected chi connectivity index (χ3v) is 5.40. The number of aromatic nitrogens is 2. The summed E-state index contributed by atoms with van der Waals surface area (Å²) < 4.78 is 7.63. The van der Waals surface area contributed by atoms with Crippen LogP contribution in [0.2, 0.25) is 5.02 Å². The number of aromatic carboxylic acids is 1. The van der Waals surface area contributed by atoms with Gasteiger partial charge in [0.1, 0.15) is 6.73 Å². The molecule has 1 aliphatic rings. The molecule has 4 rings (SSSR count). The van der Waals surface area contributed by atoms with Crippen LogP contribution in [0, 0.1) is 0 Å². The van der Waals surface area contributed by atoms with Gasteiger partial charge >= 0.3 is 5.97 Å². The third kappa shape index (κ3) is 4.33. The summed E-state index contributed by atoms with van der Waals surface area (Å²) in [5.74, 6) is -0.944. The molecule has 0 spiro atoms. The Balaban J connectivity index is 1.79. The number of nitrogens with zero attached hydrogens (tertiary/aromatic N) is 3. The first kappa shape index (κ1) is 20.4. The van der Waals surface area contributed by atoms with E-state index in [0.717, 1.165) is 28.1 Å². The molecule has 0 unspecified atom stereocenters. The first-order valence-electron chi connectivity index (χ1n) is 9.67. The highest BCUT2D eigenvalue weighted by Crippen LogP contribution is 2.33. The van der Waals surface area contributed by atoms with Crippen molar-refractivity contribution in [1.29, 1.82) is 0 Å². The number of hydrogen-bond acceptors (Lipinski definition) is 5.